The summed E-state index contributed by atoms with van der Waals surface area (Å²) in [4.78, 5) is 35.0. The summed E-state index contributed by atoms with van der Waals surface area (Å²) in [6.45, 7) is 1.41. The maximum Gasteiger partial charge on any atom is 0.233 e. The van der Waals surface area contributed by atoms with Gasteiger partial charge in [-0.3, -0.25) is 14.4 Å². The van der Waals surface area contributed by atoms with E-state index in [1.165, 1.54) is 21.1 Å². The van der Waals surface area contributed by atoms with Crippen LogP contribution in [0.15, 0.2) is 42.5 Å². The van der Waals surface area contributed by atoms with Crippen molar-refractivity contribution in [2.24, 2.45) is 0 Å². The van der Waals surface area contributed by atoms with Gasteiger partial charge in [0.2, 0.25) is 17.7 Å². The number of carbonyl (C=O) groups is 3. The standard InChI is InChI=1S/C19H21N3O5/c1-12(23)20-13-4-6-14(7-5-13)21-18(24)11-19(25)22-15-8-9-16(26-2)17(10-15)27-3/h4-10H,11H2,1-3H3,(H,20,23)(H,21,24)(H,22,25). The van der Waals surface area contributed by atoms with Gasteiger partial charge < -0.3 is 25.4 Å². The molecule has 27 heavy (non-hydrogen) atoms. The molecule has 8 heteroatoms. The Balaban J connectivity index is 1.90. The first-order valence-corrected chi connectivity index (χ1v) is 8.10. The van der Waals surface area contributed by atoms with Gasteiger partial charge in [-0.15, -0.1) is 0 Å². The van der Waals surface area contributed by atoms with Gasteiger partial charge in [0.1, 0.15) is 6.42 Å². The average Bonchev–Trinajstić information content (AvgIpc) is 2.62. The van der Waals surface area contributed by atoms with Gasteiger partial charge in [-0.25, -0.2) is 0 Å². The second kappa shape index (κ2) is 9.23. The minimum Gasteiger partial charge on any atom is -0.493 e. The van der Waals surface area contributed by atoms with E-state index in [0.717, 1.165) is 0 Å². The van der Waals surface area contributed by atoms with E-state index >= 15 is 0 Å². The fourth-order valence-electron chi connectivity index (χ4n) is 2.31. The van der Waals surface area contributed by atoms with Crippen molar-refractivity contribution >= 4 is 34.8 Å². The Kier molecular flexibility index (Phi) is 6.76. The molecule has 0 atom stereocenters. The van der Waals surface area contributed by atoms with Crippen LogP contribution < -0.4 is 25.4 Å². The SMILES string of the molecule is COc1ccc(NC(=O)CC(=O)Nc2ccc(NC(C)=O)cc2)cc1OC. The van der Waals surface area contributed by atoms with Crippen LogP contribution in [0.3, 0.4) is 0 Å². The number of anilines is 3. The van der Waals surface area contributed by atoms with Crippen molar-refractivity contribution in [3.05, 3.63) is 42.5 Å². The lowest BCUT2D eigenvalue weighted by molar-refractivity contribution is -0.123. The summed E-state index contributed by atoms with van der Waals surface area (Å²) < 4.78 is 10.3. The van der Waals surface area contributed by atoms with Crippen LogP contribution in [0.25, 0.3) is 0 Å². The van der Waals surface area contributed by atoms with Gasteiger partial charge in [-0.2, -0.15) is 0 Å². The van der Waals surface area contributed by atoms with Gasteiger partial charge >= 0.3 is 0 Å². The van der Waals surface area contributed by atoms with E-state index in [-0.39, 0.29) is 12.3 Å². The van der Waals surface area contributed by atoms with Crippen molar-refractivity contribution < 1.29 is 23.9 Å². The normalized spacial score (nSPS) is 9.89. The Morgan fingerprint density at radius 2 is 1.22 bits per heavy atom. The van der Waals surface area contributed by atoms with Crippen molar-refractivity contribution in [1.29, 1.82) is 0 Å². The van der Waals surface area contributed by atoms with Crippen LogP contribution in [0, 0.1) is 0 Å². The van der Waals surface area contributed by atoms with E-state index in [1.807, 2.05) is 0 Å². The molecule has 0 unspecified atom stereocenters. The van der Waals surface area contributed by atoms with E-state index in [9.17, 15) is 14.4 Å². The lowest BCUT2D eigenvalue weighted by Gasteiger charge is -2.11. The van der Waals surface area contributed by atoms with Crippen LogP contribution in [0.2, 0.25) is 0 Å². The third kappa shape index (κ3) is 6.03. The zero-order chi connectivity index (χ0) is 19.8. The Labute approximate surface area is 156 Å². The summed E-state index contributed by atoms with van der Waals surface area (Å²) in [6.07, 6.45) is -0.345. The molecule has 0 fully saturated rings. The number of hydrogen-bond donors (Lipinski definition) is 3. The molecule has 0 radical (unpaired) electrons. The molecule has 0 saturated carbocycles. The number of hydrogen-bond acceptors (Lipinski definition) is 5. The molecule has 2 aromatic carbocycles. The molecule has 0 bridgehead atoms. The summed E-state index contributed by atoms with van der Waals surface area (Å²) >= 11 is 0. The Hall–Kier alpha value is -3.55. The summed E-state index contributed by atoms with van der Waals surface area (Å²) in [5, 5.41) is 7.88. The summed E-state index contributed by atoms with van der Waals surface area (Å²) in [5.41, 5.74) is 1.63. The number of amides is 3. The highest BCUT2D eigenvalue weighted by atomic mass is 16.5. The van der Waals surface area contributed by atoms with Gasteiger partial charge in [0.25, 0.3) is 0 Å². The summed E-state index contributed by atoms with van der Waals surface area (Å²) in [7, 11) is 3.01. The molecule has 3 amide bonds. The maximum atomic E-state index is 12.1. The van der Waals surface area contributed by atoms with Crippen molar-refractivity contribution in [3.63, 3.8) is 0 Å². The second-order valence-electron chi connectivity index (χ2n) is 5.60. The van der Waals surface area contributed by atoms with Crippen molar-refractivity contribution in [1.82, 2.24) is 0 Å². The molecule has 0 spiro atoms. The molecule has 0 aliphatic heterocycles. The molecular formula is C19H21N3O5. The molecule has 0 aliphatic rings. The molecule has 0 aromatic heterocycles. The van der Waals surface area contributed by atoms with Crippen molar-refractivity contribution in [2.75, 3.05) is 30.2 Å². The monoisotopic (exact) mass is 371 g/mol. The van der Waals surface area contributed by atoms with Crippen LogP contribution >= 0.6 is 0 Å². The molecule has 0 saturated heterocycles. The highest BCUT2D eigenvalue weighted by molar-refractivity contribution is 6.08. The predicted octanol–water partition coefficient (Wildman–Crippen LogP) is 2.63. The zero-order valence-electron chi connectivity index (χ0n) is 15.3. The Morgan fingerprint density at radius 3 is 1.74 bits per heavy atom. The zero-order valence-corrected chi connectivity index (χ0v) is 15.3. The topological polar surface area (TPSA) is 106 Å². The number of carbonyl (C=O) groups excluding carboxylic acids is 3. The Morgan fingerprint density at radius 1 is 0.741 bits per heavy atom. The molecule has 0 heterocycles. The van der Waals surface area contributed by atoms with Crippen molar-refractivity contribution in [2.45, 2.75) is 13.3 Å². The molecule has 142 valence electrons. The molecule has 2 rings (SSSR count). The largest absolute Gasteiger partial charge is 0.493 e. The summed E-state index contributed by atoms with van der Waals surface area (Å²) in [5.74, 6) is -0.0941. The fourth-order valence-corrected chi connectivity index (χ4v) is 2.31. The maximum absolute atomic E-state index is 12.1. The molecule has 8 nitrogen and oxygen atoms in total. The van der Waals surface area contributed by atoms with Gasteiger partial charge in [0, 0.05) is 30.1 Å². The molecular weight excluding hydrogens is 350 g/mol. The minimum atomic E-state index is -0.463. The van der Waals surface area contributed by atoms with Crippen LogP contribution in [0.4, 0.5) is 17.1 Å². The number of ether oxygens (including phenoxy) is 2. The lowest BCUT2D eigenvalue weighted by atomic mass is 10.2. The van der Waals surface area contributed by atoms with Gasteiger partial charge in [0.15, 0.2) is 11.5 Å². The lowest BCUT2D eigenvalue weighted by Crippen LogP contribution is -2.21. The first-order chi connectivity index (χ1) is 12.9. The predicted molar refractivity (Wildman–Crippen MR) is 102 cm³/mol. The van der Waals surface area contributed by atoms with Gasteiger partial charge in [-0.1, -0.05) is 0 Å². The third-order valence-electron chi connectivity index (χ3n) is 3.48. The average molecular weight is 371 g/mol. The van der Waals surface area contributed by atoms with E-state index in [2.05, 4.69) is 16.0 Å². The first kappa shape index (κ1) is 19.8. The molecule has 3 N–H and O–H groups in total. The highest BCUT2D eigenvalue weighted by Crippen LogP contribution is 2.29. The van der Waals surface area contributed by atoms with Crippen LogP contribution in [-0.2, 0) is 14.4 Å². The summed E-state index contributed by atoms with van der Waals surface area (Å²) in [6, 6.07) is 11.5. The number of benzene rings is 2. The fraction of sp³-hybridized carbons (Fsp3) is 0.211. The quantitative estimate of drug-likeness (QED) is 0.649. The van der Waals surface area contributed by atoms with Crippen LogP contribution in [0.5, 0.6) is 11.5 Å². The van der Waals surface area contributed by atoms with Gasteiger partial charge in [0.05, 0.1) is 14.2 Å². The van der Waals surface area contributed by atoms with Crippen molar-refractivity contribution in [3.8, 4) is 11.5 Å². The van der Waals surface area contributed by atoms with Gasteiger partial charge in [-0.05, 0) is 36.4 Å². The van der Waals surface area contributed by atoms with E-state index < -0.39 is 11.8 Å². The van der Waals surface area contributed by atoms with E-state index in [1.54, 1.807) is 42.5 Å². The number of methoxy groups -OCH3 is 2. The third-order valence-corrected chi connectivity index (χ3v) is 3.48. The molecule has 0 aliphatic carbocycles. The minimum absolute atomic E-state index is 0.182. The van der Waals surface area contributed by atoms with Crippen LogP contribution in [-0.4, -0.2) is 31.9 Å². The Bertz CT molecular complexity index is 834. The van der Waals surface area contributed by atoms with Crippen LogP contribution in [0.1, 0.15) is 13.3 Å². The van der Waals surface area contributed by atoms with E-state index in [4.69, 9.17) is 9.47 Å². The number of nitrogens with one attached hydrogen (secondary N) is 3. The smallest absolute Gasteiger partial charge is 0.233 e. The highest BCUT2D eigenvalue weighted by Gasteiger charge is 2.12. The second-order valence-corrected chi connectivity index (χ2v) is 5.60. The molecule has 2 aromatic rings. The number of rotatable bonds is 7. The first-order valence-electron chi connectivity index (χ1n) is 8.10. The van der Waals surface area contributed by atoms with E-state index in [0.29, 0.717) is 28.6 Å².